The van der Waals surface area contributed by atoms with E-state index in [1.54, 1.807) is 11.8 Å². The molecule has 136 valence electrons. The molecule has 5 heteroatoms. The Hall–Kier alpha value is -2.66. The molecule has 0 saturated carbocycles. The van der Waals surface area contributed by atoms with E-state index >= 15 is 0 Å². The number of amides is 1. The highest BCUT2D eigenvalue weighted by molar-refractivity contribution is 7.99. The van der Waals surface area contributed by atoms with Crippen LogP contribution in [0.5, 0.6) is 11.5 Å². The van der Waals surface area contributed by atoms with Gasteiger partial charge in [-0.3, -0.25) is 4.79 Å². The zero-order valence-corrected chi connectivity index (χ0v) is 15.6. The molecule has 27 heavy (non-hydrogen) atoms. The summed E-state index contributed by atoms with van der Waals surface area (Å²) in [5, 5.41) is 2.24. The molecule has 1 fully saturated rings. The number of thioether (sulfide) groups is 1. The summed E-state index contributed by atoms with van der Waals surface area (Å²) in [6, 6.07) is 20.0. The van der Waals surface area contributed by atoms with Crippen LogP contribution in [0.25, 0.3) is 10.8 Å². The van der Waals surface area contributed by atoms with Gasteiger partial charge >= 0.3 is 0 Å². The van der Waals surface area contributed by atoms with Crippen molar-refractivity contribution in [1.82, 2.24) is 4.90 Å². The van der Waals surface area contributed by atoms with Crippen molar-refractivity contribution in [3.05, 3.63) is 71.8 Å². The smallest absolute Gasteiger partial charge is 0.255 e. The Morgan fingerprint density at radius 1 is 0.926 bits per heavy atom. The van der Waals surface area contributed by atoms with E-state index in [1.165, 1.54) is 0 Å². The van der Waals surface area contributed by atoms with Crippen LogP contribution in [0.1, 0.15) is 21.3 Å². The van der Waals surface area contributed by atoms with Crippen LogP contribution in [-0.2, 0) is 0 Å². The first-order valence-electron chi connectivity index (χ1n) is 9.10. The van der Waals surface area contributed by atoms with Crippen LogP contribution in [0.2, 0.25) is 0 Å². The van der Waals surface area contributed by atoms with E-state index in [-0.39, 0.29) is 11.3 Å². The van der Waals surface area contributed by atoms with Gasteiger partial charge < -0.3 is 14.4 Å². The molecule has 2 heterocycles. The van der Waals surface area contributed by atoms with Gasteiger partial charge in [-0.1, -0.05) is 36.4 Å². The van der Waals surface area contributed by atoms with Crippen molar-refractivity contribution in [1.29, 1.82) is 0 Å². The second-order valence-corrected chi connectivity index (χ2v) is 7.87. The van der Waals surface area contributed by atoms with Crippen LogP contribution in [0.4, 0.5) is 0 Å². The topological polar surface area (TPSA) is 38.8 Å². The van der Waals surface area contributed by atoms with Crippen molar-refractivity contribution in [2.24, 2.45) is 0 Å². The molecule has 1 unspecified atom stereocenters. The zero-order valence-electron chi connectivity index (χ0n) is 14.8. The molecule has 0 radical (unpaired) electrons. The highest BCUT2D eigenvalue weighted by atomic mass is 32.2. The third-order valence-electron chi connectivity index (χ3n) is 5.00. The summed E-state index contributed by atoms with van der Waals surface area (Å²) < 4.78 is 11.3. The normalized spacial score (nSPS) is 18.7. The summed E-state index contributed by atoms with van der Waals surface area (Å²) in [6.07, 6.45) is 0. The molecule has 2 aliphatic heterocycles. The first kappa shape index (κ1) is 16.5. The molecule has 0 bridgehead atoms. The van der Waals surface area contributed by atoms with Crippen LogP contribution in [0.3, 0.4) is 0 Å². The molecule has 1 saturated heterocycles. The maximum absolute atomic E-state index is 13.2. The Labute approximate surface area is 162 Å². The Kier molecular flexibility index (Phi) is 4.17. The lowest BCUT2D eigenvalue weighted by molar-refractivity contribution is 0.0760. The van der Waals surface area contributed by atoms with Crippen molar-refractivity contribution >= 4 is 28.4 Å². The number of carbonyl (C=O) groups excluding carboxylic acids is 1. The summed E-state index contributed by atoms with van der Waals surface area (Å²) in [6.45, 7) is 1.89. The van der Waals surface area contributed by atoms with Gasteiger partial charge in [-0.05, 0) is 40.6 Å². The molecule has 3 aromatic carbocycles. The second kappa shape index (κ2) is 6.82. The molecular weight excluding hydrogens is 358 g/mol. The quantitative estimate of drug-likeness (QED) is 0.659. The van der Waals surface area contributed by atoms with Crippen LogP contribution in [0, 0.1) is 0 Å². The maximum Gasteiger partial charge on any atom is 0.255 e. The summed E-state index contributed by atoms with van der Waals surface area (Å²) in [5.41, 5.74) is 1.81. The van der Waals surface area contributed by atoms with E-state index in [0.29, 0.717) is 13.2 Å². The predicted octanol–water partition coefficient (Wildman–Crippen LogP) is 4.50. The number of rotatable bonds is 2. The molecule has 3 aromatic rings. The summed E-state index contributed by atoms with van der Waals surface area (Å²) in [5.74, 6) is 2.55. The Morgan fingerprint density at radius 2 is 1.74 bits per heavy atom. The lowest BCUT2D eigenvalue weighted by Crippen LogP contribution is -2.30. The summed E-state index contributed by atoms with van der Waals surface area (Å²) in [7, 11) is 0. The van der Waals surface area contributed by atoms with E-state index in [4.69, 9.17) is 9.47 Å². The van der Waals surface area contributed by atoms with Gasteiger partial charge in [0.2, 0.25) is 0 Å². The molecule has 0 N–H and O–H groups in total. The highest BCUT2D eigenvalue weighted by Gasteiger charge is 2.32. The second-order valence-electron chi connectivity index (χ2n) is 6.69. The molecule has 0 spiro atoms. The van der Waals surface area contributed by atoms with Gasteiger partial charge in [0.25, 0.3) is 5.91 Å². The van der Waals surface area contributed by atoms with Gasteiger partial charge in [-0.25, -0.2) is 0 Å². The minimum atomic E-state index is -0.000188. The number of ether oxygens (including phenoxy) is 2. The van der Waals surface area contributed by atoms with Gasteiger partial charge in [0, 0.05) is 17.9 Å². The van der Waals surface area contributed by atoms with Crippen LogP contribution in [0.15, 0.2) is 60.7 Å². The van der Waals surface area contributed by atoms with Gasteiger partial charge in [-0.15, -0.1) is 11.8 Å². The number of hydrogen-bond donors (Lipinski definition) is 0. The molecule has 1 amide bonds. The maximum atomic E-state index is 13.2. The average molecular weight is 377 g/mol. The average Bonchev–Trinajstić information content (AvgIpc) is 3.22. The summed E-state index contributed by atoms with van der Waals surface area (Å²) in [4.78, 5) is 15.2. The lowest BCUT2D eigenvalue weighted by atomic mass is 10.1. The monoisotopic (exact) mass is 377 g/mol. The van der Waals surface area contributed by atoms with Crippen molar-refractivity contribution in [3.8, 4) is 11.5 Å². The SMILES string of the molecule is O=C(c1ccc2ccccc2c1)N1CCSC1c1ccc2c(c1)OCCO2. The highest BCUT2D eigenvalue weighted by Crippen LogP contribution is 2.42. The van der Waals surface area contributed by atoms with Crippen molar-refractivity contribution in [2.75, 3.05) is 25.5 Å². The van der Waals surface area contributed by atoms with Crippen molar-refractivity contribution in [3.63, 3.8) is 0 Å². The first-order valence-corrected chi connectivity index (χ1v) is 10.2. The van der Waals surface area contributed by atoms with Crippen LogP contribution < -0.4 is 9.47 Å². The van der Waals surface area contributed by atoms with Crippen LogP contribution >= 0.6 is 11.8 Å². The Bertz CT molecular complexity index is 1020. The fourth-order valence-electron chi connectivity index (χ4n) is 3.66. The lowest BCUT2D eigenvalue weighted by Gasteiger charge is -2.26. The summed E-state index contributed by atoms with van der Waals surface area (Å²) >= 11 is 1.79. The number of carbonyl (C=O) groups is 1. The van der Waals surface area contributed by atoms with Gasteiger partial charge in [0.15, 0.2) is 11.5 Å². The van der Waals surface area contributed by atoms with Gasteiger partial charge in [-0.2, -0.15) is 0 Å². The Morgan fingerprint density at radius 3 is 2.63 bits per heavy atom. The molecule has 0 aromatic heterocycles. The first-order chi connectivity index (χ1) is 13.3. The van der Waals surface area contributed by atoms with Crippen molar-refractivity contribution < 1.29 is 14.3 Å². The molecule has 0 aliphatic carbocycles. The predicted molar refractivity (Wildman–Crippen MR) is 108 cm³/mol. The largest absolute Gasteiger partial charge is 0.486 e. The molecule has 2 aliphatic rings. The fourth-order valence-corrected chi connectivity index (χ4v) is 4.90. The minimum Gasteiger partial charge on any atom is -0.486 e. The third kappa shape index (κ3) is 3.02. The standard InChI is InChI=1S/C22H19NO3S/c24-21(17-6-5-15-3-1-2-4-16(15)13-17)23-9-12-27-22(23)18-7-8-19-20(14-18)26-11-10-25-19/h1-8,13-14,22H,9-12H2. The minimum absolute atomic E-state index is 0.000188. The Balaban J connectivity index is 1.45. The van der Waals surface area contributed by atoms with Crippen LogP contribution in [-0.4, -0.2) is 36.3 Å². The number of nitrogens with zero attached hydrogens (tertiary/aromatic N) is 1. The fraction of sp³-hybridized carbons (Fsp3) is 0.227. The number of fused-ring (bicyclic) bond motifs is 2. The van der Waals surface area contributed by atoms with E-state index in [9.17, 15) is 4.79 Å². The third-order valence-corrected chi connectivity index (χ3v) is 6.26. The molecular formula is C22H19NO3S. The molecule has 5 rings (SSSR count). The van der Waals surface area contributed by atoms with E-state index in [2.05, 4.69) is 6.07 Å². The van der Waals surface area contributed by atoms with Gasteiger partial charge in [0.05, 0.1) is 0 Å². The number of hydrogen-bond acceptors (Lipinski definition) is 4. The van der Waals surface area contributed by atoms with Gasteiger partial charge in [0.1, 0.15) is 18.6 Å². The van der Waals surface area contributed by atoms with E-state index in [0.717, 1.165) is 45.7 Å². The van der Waals surface area contributed by atoms with E-state index < -0.39 is 0 Å². The van der Waals surface area contributed by atoms with Crippen molar-refractivity contribution in [2.45, 2.75) is 5.37 Å². The zero-order chi connectivity index (χ0) is 18.2. The number of benzene rings is 3. The van der Waals surface area contributed by atoms with E-state index in [1.807, 2.05) is 59.5 Å². The molecule has 1 atom stereocenters. The molecule has 4 nitrogen and oxygen atoms in total.